The third kappa shape index (κ3) is 2.74. The van der Waals surface area contributed by atoms with Crippen molar-refractivity contribution in [1.82, 2.24) is 25.4 Å². The van der Waals surface area contributed by atoms with Crippen LogP contribution >= 0.6 is 0 Å². The molecule has 0 bridgehead atoms. The number of aromatic nitrogens is 4. The van der Waals surface area contributed by atoms with Gasteiger partial charge in [0, 0.05) is 31.8 Å². The summed E-state index contributed by atoms with van der Waals surface area (Å²) in [7, 11) is 0. The highest BCUT2D eigenvalue weighted by molar-refractivity contribution is 5.92. The van der Waals surface area contributed by atoms with Gasteiger partial charge < -0.3 is 10.1 Å². The van der Waals surface area contributed by atoms with Gasteiger partial charge >= 0.3 is 0 Å². The number of nitrogens with one attached hydrogen (secondary N) is 1. The smallest absolute Gasteiger partial charge is 0.275 e. The Morgan fingerprint density at radius 2 is 2.36 bits per heavy atom. The van der Waals surface area contributed by atoms with E-state index < -0.39 is 0 Å². The lowest BCUT2D eigenvalue weighted by Gasteiger charge is -2.19. The van der Waals surface area contributed by atoms with Crippen LogP contribution in [0, 0.1) is 12.8 Å². The van der Waals surface area contributed by atoms with Crippen molar-refractivity contribution < 1.29 is 14.2 Å². The van der Waals surface area contributed by atoms with Gasteiger partial charge in [-0.05, 0) is 31.5 Å². The average molecular weight is 305 g/mol. The maximum Gasteiger partial charge on any atom is 0.275 e. The quantitative estimate of drug-likeness (QED) is 0.889. The van der Waals surface area contributed by atoms with Gasteiger partial charge in [0.2, 0.25) is 0 Å². The van der Waals surface area contributed by atoms with Crippen LogP contribution in [0.1, 0.15) is 41.3 Å². The molecule has 0 aromatic carbocycles. The van der Waals surface area contributed by atoms with Crippen LogP contribution in [0.4, 0.5) is 0 Å². The number of rotatable bonds is 5. The molecule has 1 aliphatic rings. The lowest BCUT2D eigenvalue weighted by Crippen LogP contribution is -2.31. The van der Waals surface area contributed by atoms with Crippen molar-refractivity contribution in [3.63, 3.8) is 0 Å². The van der Waals surface area contributed by atoms with Gasteiger partial charge in [-0.1, -0.05) is 5.16 Å². The van der Waals surface area contributed by atoms with Crippen LogP contribution in [0.2, 0.25) is 0 Å². The first-order valence-electron chi connectivity index (χ1n) is 7.41. The monoisotopic (exact) mass is 305 g/mol. The fourth-order valence-electron chi connectivity index (χ4n) is 2.76. The van der Waals surface area contributed by atoms with Crippen molar-refractivity contribution in [2.45, 2.75) is 32.9 Å². The predicted octanol–water partition coefficient (Wildman–Crippen LogP) is 1.10. The van der Waals surface area contributed by atoms with Crippen LogP contribution in [0.3, 0.4) is 0 Å². The molecule has 2 aromatic rings. The number of amides is 1. The summed E-state index contributed by atoms with van der Waals surface area (Å²) in [5.74, 6) is -0.0560. The van der Waals surface area contributed by atoms with Crippen molar-refractivity contribution in [2.75, 3.05) is 13.2 Å². The normalized spacial score (nSPS) is 21.2. The number of nitrogens with zero attached hydrogens (tertiary/aromatic N) is 4. The van der Waals surface area contributed by atoms with Crippen molar-refractivity contribution >= 4 is 5.91 Å². The summed E-state index contributed by atoms with van der Waals surface area (Å²) in [6.45, 7) is 5.73. The second-order valence-electron chi connectivity index (χ2n) is 5.32. The molecular formula is C14H19N5O3. The van der Waals surface area contributed by atoms with Crippen LogP contribution < -0.4 is 5.32 Å². The van der Waals surface area contributed by atoms with E-state index in [2.05, 4.69) is 25.4 Å². The van der Waals surface area contributed by atoms with E-state index in [0.29, 0.717) is 18.8 Å². The molecule has 118 valence electrons. The molecule has 0 radical (unpaired) electrons. The van der Waals surface area contributed by atoms with Crippen LogP contribution in [-0.4, -0.2) is 39.2 Å². The van der Waals surface area contributed by atoms with Crippen LogP contribution in [0.25, 0.3) is 0 Å². The first-order valence-corrected chi connectivity index (χ1v) is 7.41. The molecule has 0 unspecified atom stereocenters. The summed E-state index contributed by atoms with van der Waals surface area (Å²) in [5.41, 5.74) is 1.77. The zero-order valence-corrected chi connectivity index (χ0v) is 12.7. The molecule has 22 heavy (non-hydrogen) atoms. The van der Waals surface area contributed by atoms with Crippen LogP contribution in [-0.2, 0) is 11.3 Å². The van der Waals surface area contributed by atoms with E-state index in [1.807, 2.05) is 17.7 Å². The fourth-order valence-corrected chi connectivity index (χ4v) is 2.76. The molecule has 2 atom stereocenters. The molecular weight excluding hydrogens is 286 g/mol. The minimum Gasteiger partial charge on any atom is -0.372 e. The van der Waals surface area contributed by atoms with E-state index in [0.717, 1.165) is 18.7 Å². The van der Waals surface area contributed by atoms with Gasteiger partial charge in [0.1, 0.15) is 11.8 Å². The van der Waals surface area contributed by atoms with Gasteiger partial charge in [-0.3, -0.25) is 9.48 Å². The minimum atomic E-state index is -0.270. The summed E-state index contributed by atoms with van der Waals surface area (Å²) in [5, 5.41) is 14.4. The molecule has 1 saturated heterocycles. The van der Waals surface area contributed by atoms with E-state index in [4.69, 9.17) is 4.74 Å². The standard InChI is InChI=1S/C14H19N5O3/c1-3-19-11(4-6-16-19)13-10(5-7-21-13)8-15-14(20)12-9(2)17-22-18-12/h4,6,10,13H,3,5,7-8H2,1-2H3,(H,15,20)/t10-,13+/m0/s1. The molecule has 8 heteroatoms. The average Bonchev–Trinajstić information content (AvgIpc) is 3.24. The highest BCUT2D eigenvalue weighted by Gasteiger charge is 2.32. The van der Waals surface area contributed by atoms with Gasteiger partial charge in [-0.15, -0.1) is 0 Å². The van der Waals surface area contributed by atoms with E-state index in [1.54, 1.807) is 13.1 Å². The third-order valence-electron chi connectivity index (χ3n) is 3.95. The predicted molar refractivity (Wildman–Crippen MR) is 76.1 cm³/mol. The van der Waals surface area contributed by atoms with E-state index in [-0.39, 0.29) is 23.6 Å². The Kier molecular flexibility index (Phi) is 4.19. The lowest BCUT2D eigenvalue weighted by atomic mass is 9.99. The Hall–Kier alpha value is -2.22. The molecule has 8 nitrogen and oxygen atoms in total. The third-order valence-corrected chi connectivity index (χ3v) is 3.95. The summed E-state index contributed by atoms with van der Waals surface area (Å²) >= 11 is 0. The molecule has 0 aliphatic carbocycles. The molecule has 2 aromatic heterocycles. The van der Waals surface area contributed by atoms with Gasteiger partial charge in [0.25, 0.3) is 5.91 Å². The number of carbonyl (C=O) groups excluding carboxylic acids is 1. The largest absolute Gasteiger partial charge is 0.372 e. The second-order valence-corrected chi connectivity index (χ2v) is 5.32. The van der Waals surface area contributed by atoms with Crippen molar-refractivity contribution in [3.8, 4) is 0 Å². The van der Waals surface area contributed by atoms with Gasteiger partial charge in [-0.2, -0.15) is 5.10 Å². The van der Waals surface area contributed by atoms with E-state index in [1.165, 1.54) is 0 Å². The zero-order chi connectivity index (χ0) is 15.5. The molecule has 1 fully saturated rings. The second kappa shape index (κ2) is 6.27. The number of hydrogen-bond donors (Lipinski definition) is 1. The number of hydrogen-bond acceptors (Lipinski definition) is 6. The Morgan fingerprint density at radius 3 is 3.09 bits per heavy atom. The SMILES string of the molecule is CCn1nccc1[C@@H]1OCC[C@H]1CNC(=O)c1nonc1C. The van der Waals surface area contributed by atoms with E-state index >= 15 is 0 Å². The summed E-state index contributed by atoms with van der Waals surface area (Å²) in [6, 6.07) is 1.97. The summed E-state index contributed by atoms with van der Waals surface area (Å²) in [6.07, 6.45) is 2.63. The summed E-state index contributed by atoms with van der Waals surface area (Å²) in [4.78, 5) is 12.1. The number of carbonyl (C=O) groups is 1. The van der Waals surface area contributed by atoms with Crippen molar-refractivity contribution in [2.24, 2.45) is 5.92 Å². The molecule has 1 amide bonds. The maximum atomic E-state index is 12.1. The van der Waals surface area contributed by atoms with Crippen LogP contribution in [0.15, 0.2) is 16.9 Å². The van der Waals surface area contributed by atoms with Crippen LogP contribution in [0.5, 0.6) is 0 Å². The highest BCUT2D eigenvalue weighted by atomic mass is 16.6. The van der Waals surface area contributed by atoms with Crippen molar-refractivity contribution in [1.29, 1.82) is 0 Å². The van der Waals surface area contributed by atoms with Gasteiger partial charge in [0.15, 0.2) is 5.69 Å². The molecule has 3 rings (SSSR count). The molecule has 1 N–H and O–H groups in total. The molecule has 1 aliphatic heterocycles. The fraction of sp³-hybridized carbons (Fsp3) is 0.571. The van der Waals surface area contributed by atoms with E-state index in [9.17, 15) is 4.79 Å². The molecule has 0 saturated carbocycles. The lowest BCUT2D eigenvalue weighted by molar-refractivity contribution is 0.0792. The van der Waals surface area contributed by atoms with Gasteiger partial charge in [-0.25, -0.2) is 4.63 Å². The maximum absolute atomic E-state index is 12.1. The Labute approximate surface area is 127 Å². The topological polar surface area (TPSA) is 95.1 Å². The Morgan fingerprint density at radius 1 is 1.50 bits per heavy atom. The van der Waals surface area contributed by atoms with Gasteiger partial charge in [0.05, 0.1) is 5.69 Å². The first-order chi connectivity index (χ1) is 10.7. The number of aryl methyl sites for hydroxylation is 2. The summed E-state index contributed by atoms with van der Waals surface area (Å²) < 4.78 is 12.3. The first kappa shape index (κ1) is 14.7. The Bertz CT molecular complexity index is 650. The molecule has 3 heterocycles. The number of ether oxygens (including phenoxy) is 1. The Balaban J connectivity index is 1.65. The zero-order valence-electron chi connectivity index (χ0n) is 12.7. The van der Waals surface area contributed by atoms with Crippen molar-refractivity contribution in [3.05, 3.63) is 29.3 Å². The highest BCUT2D eigenvalue weighted by Crippen LogP contribution is 2.33. The minimum absolute atomic E-state index is 0.0423. The molecule has 0 spiro atoms.